The van der Waals surface area contributed by atoms with E-state index in [2.05, 4.69) is 0 Å². The van der Waals surface area contributed by atoms with Crippen molar-refractivity contribution in [2.24, 2.45) is 5.14 Å². The highest BCUT2D eigenvalue weighted by molar-refractivity contribution is 7.89. The van der Waals surface area contributed by atoms with Gasteiger partial charge in [-0.2, -0.15) is 0 Å². The molecule has 0 heterocycles. The average molecular weight is 211 g/mol. The molecule has 0 amide bonds. The fraction of sp³-hybridized carbons (Fsp3) is 0.400. The molecule has 2 rings (SSSR count). The van der Waals surface area contributed by atoms with E-state index in [1.54, 1.807) is 0 Å². The fourth-order valence-electron chi connectivity index (χ4n) is 1.84. The van der Waals surface area contributed by atoms with Crippen LogP contribution in [0.2, 0.25) is 0 Å². The van der Waals surface area contributed by atoms with E-state index in [1.165, 1.54) is 0 Å². The van der Waals surface area contributed by atoms with Crippen molar-refractivity contribution in [2.45, 2.75) is 18.3 Å². The van der Waals surface area contributed by atoms with Gasteiger partial charge in [-0.1, -0.05) is 30.3 Å². The number of hydrogen-bond donors (Lipinski definition) is 1. The van der Waals surface area contributed by atoms with Crippen LogP contribution in [0.15, 0.2) is 30.3 Å². The third-order valence-corrected chi connectivity index (χ3v) is 3.67. The number of hydrogen-bond acceptors (Lipinski definition) is 2. The SMILES string of the molecule is NS(=O)(=O)CC1(c2ccccc2)CC1. The Morgan fingerprint density at radius 2 is 1.79 bits per heavy atom. The van der Waals surface area contributed by atoms with Crippen molar-refractivity contribution in [1.29, 1.82) is 0 Å². The van der Waals surface area contributed by atoms with Crippen LogP contribution in [0, 0.1) is 0 Å². The maximum absolute atomic E-state index is 11.0. The van der Waals surface area contributed by atoms with Gasteiger partial charge >= 0.3 is 0 Å². The first-order valence-electron chi connectivity index (χ1n) is 4.58. The van der Waals surface area contributed by atoms with Gasteiger partial charge in [0.1, 0.15) is 0 Å². The fourth-order valence-corrected chi connectivity index (χ4v) is 3.07. The second-order valence-corrected chi connectivity index (χ2v) is 5.57. The van der Waals surface area contributed by atoms with Crippen LogP contribution in [-0.2, 0) is 15.4 Å². The lowest BCUT2D eigenvalue weighted by Crippen LogP contribution is -2.26. The molecule has 1 aromatic rings. The summed E-state index contributed by atoms with van der Waals surface area (Å²) in [5.41, 5.74) is 0.906. The summed E-state index contributed by atoms with van der Waals surface area (Å²) in [6.45, 7) is 0. The molecule has 0 radical (unpaired) electrons. The normalized spacial score (nSPS) is 19.2. The molecule has 14 heavy (non-hydrogen) atoms. The third-order valence-electron chi connectivity index (χ3n) is 2.72. The topological polar surface area (TPSA) is 60.2 Å². The van der Waals surface area contributed by atoms with Crippen LogP contribution in [0.3, 0.4) is 0 Å². The molecule has 0 atom stereocenters. The van der Waals surface area contributed by atoms with E-state index in [-0.39, 0.29) is 11.2 Å². The van der Waals surface area contributed by atoms with Crippen LogP contribution in [0.25, 0.3) is 0 Å². The molecule has 0 bridgehead atoms. The number of nitrogens with two attached hydrogens (primary N) is 1. The summed E-state index contributed by atoms with van der Waals surface area (Å²) >= 11 is 0. The van der Waals surface area contributed by atoms with Gasteiger partial charge in [-0.15, -0.1) is 0 Å². The van der Waals surface area contributed by atoms with Crippen LogP contribution < -0.4 is 5.14 Å². The smallest absolute Gasteiger partial charge is 0.209 e. The molecule has 1 aliphatic rings. The number of rotatable bonds is 3. The Balaban J connectivity index is 2.27. The standard InChI is InChI=1S/C10H13NO2S/c11-14(12,13)8-10(6-7-10)9-4-2-1-3-5-9/h1-5H,6-8H2,(H2,11,12,13). The summed E-state index contributed by atoms with van der Waals surface area (Å²) in [6.07, 6.45) is 1.85. The van der Waals surface area contributed by atoms with E-state index < -0.39 is 10.0 Å². The molecule has 0 aliphatic heterocycles. The van der Waals surface area contributed by atoms with Crippen LogP contribution >= 0.6 is 0 Å². The van der Waals surface area contributed by atoms with Crippen molar-refractivity contribution in [1.82, 2.24) is 0 Å². The Bertz CT molecular complexity index is 421. The van der Waals surface area contributed by atoms with Gasteiger partial charge in [0, 0.05) is 5.41 Å². The first-order valence-corrected chi connectivity index (χ1v) is 6.29. The molecule has 0 spiro atoms. The lowest BCUT2D eigenvalue weighted by molar-refractivity contribution is 0.587. The zero-order valence-electron chi connectivity index (χ0n) is 7.81. The Kier molecular flexibility index (Phi) is 2.12. The Morgan fingerprint density at radius 1 is 1.21 bits per heavy atom. The lowest BCUT2D eigenvalue weighted by atomic mass is 9.99. The summed E-state index contributed by atoms with van der Waals surface area (Å²) < 4.78 is 22.1. The van der Waals surface area contributed by atoms with Gasteiger partial charge in [-0.25, -0.2) is 13.6 Å². The van der Waals surface area contributed by atoms with E-state index in [4.69, 9.17) is 5.14 Å². The molecule has 76 valence electrons. The van der Waals surface area contributed by atoms with Gasteiger partial charge in [-0.3, -0.25) is 0 Å². The maximum Gasteiger partial charge on any atom is 0.209 e. The summed E-state index contributed by atoms with van der Waals surface area (Å²) in [6, 6.07) is 9.73. The molecule has 0 aromatic heterocycles. The molecule has 1 saturated carbocycles. The predicted molar refractivity (Wildman–Crippen MR) is 55.3 cm³/mol. The lowest BCUT2D eigenvalue weighted by Gasteiger charge is -2.13. The minimum absolute atomic E-state index is 0.0734. The molecule has 1 aromatic carbocycles. The summed E-state index contributed by atoms with van der Waals surface area (Å²) in [4.78, 5) is 0. The predicted octanol–water partition coefficient (Wildman–Crippen LogP) is 1.01. The quantitative estimate of drug-likeness (QED) is 0.811. The van der Waals surface area contributed by atoms with E-state index in [9.17, 15) is 8.42 Å². The van der Waals surface area contributed by atoms with Gasteiger partial charge in [0.15, 0.2) is 0 Å². The second-order valence-electron chi connectivity index (χ2n) is 3.95. The van der Waals surface area contributed by atoms with Crippen molar-refractivity contribution in [3.05, 3.63) is 35.9 Å². The minimum Gasteiger partial charge on any atom is -0.229 e. The van der Waals surface area contributed by atoms with Crippen LogP contribution in [0.4, 0.5) is 0 Å². The Labute approximate surface area is 84.0 Å². The minimum atomic E-state index is -3.37. The van der Waals surface area contributed by atoms with Crippen molar-refractivity contribution in [3.63, 3.8) is 0 Å². The van der Waals surface area contributed by atoms with Gasteiger partial charge in [0.25, 0.3) is 0 Å². The number of sulfonamides is 1. The summed E-state index contributed by atoms with van der Waals surface area (Å²) in [7, 11) is -3.37. The van der Waals surface area contributed by atoms with Crippen LogP contribution in [0.1, 0.15) is 18.4 Å². The van der Waals surface area contributed by atoms with Gasteiger partial charge < -0.3 is 0 Å². The van der Waals surface area contributed by atoms with E-state index >= 15 is 0 Å². The van der Waals surface area contributed by atoms with E-state index in [1.807, 2.05) is 30.3 Å². The summed E-state index contributed by atoms with van der Waals surface area (Å²) in [5.74, 6) is 0.0734. The first-order chi connectivity index (χ1) is 6.52. The third kappa shape index (κ3) is 1.96. The molecule has 1 fully saturated rings. The number of benzene rings is 1. The molecule has 0 unspecified atom stereocenters. The highest BCUT2D eigenvalue weighted by Gasteiger charge is 2.46. The molecule has 4 heteroatoms. The van der Waals surface area contributed by atoms with Gasteiger partial charge in [-0.05, 0) is 18.4 Å². The molecular weight excluding hydrogens is 198 g/mol. The van der Waals surface area contributed by atoms with Gasteiger partial charge in [0.05, 0.1) is 5.75 Å². The Hall–Kier alpha value is -0.870. The average Bonchev–Trinajstić information content (AvgIpc) is 2.85. The summed E-state index contributed by atoms with van der Waals surface area (Å²) in [5, 5.41) is 5.07. The highest BCUT2D eigenvalue weighted by Crippen LogP contribution is 2.48. The van der Waals surface area contributed by atoms with E-state index in [0.717, 1.165) is 18.4 Å². The Morgan fingerprint density at radius 3 is 2.21 bits per heavy atom. The molecule has 0 saturated heterocycles. The molecule has 1 aliphatic carbocycles. The highest BCUT2D eigenvalue weighted by atomic mass is 32.2. The van der Waals surface area contributed by atoms with Crippen LogP contribution in [0.5, 0.6) is 0 Å². The van der Waals surface area contributed by atoms with Crippen molar-refractivity contribution >= 4 is 10.0 Å². The largest absolute Gasteiger partial charge is 0.229 e. The number of primary sulfonamides is 1. The second kappa shape index (κ2) is 3.07. The molecular formula is C10H13NO2S. The van der Waals surface area contributed by atoms with Crippen molar-refractivity contribution in [3.8, 4) is 0 Å². The zero-order valence-corrected chi connectivity index (χ0v) is 8.63. The van der Waals surface area contributed by atoms with Crippen molar-refractivity contribution < 1.29 is 8.42 Å². The van der Waals surface area contributed by atoms with E-state index in [0.29, 0.717) is 0 Å². The van der Waals surface area contributed by atoms with Crippen molar-refractivity contribution in [2.75, 3.05) is 5.75 Å². The molecule has 2 N–H and O–H groups in total. The monoisotopic (exact) mass is 211 g/mol. The van der Waals surface area contributed by atoms with Crippen LogP contribution in [-0.4, -0.2) is 14.2 Å². The molecule has 3 nitrogen and oxygen atoms in total. The zero-order chi connectivity index (χ0) is 10.2. The first kappa shape index (κ1) is 9.68. The maximum atomic E-state index is 11.0. The van der Waals surface area contributed by atoms with Gasteiger partial charge in [0.2, 0.25) is 10.0 Å².